The van der Waals surface area contributed by atoms with Crippen molar-refractivity contribution < 1.29 is 9.53 Å². The van der Waals surface area contributed by atoms with E-state index >= 15 is 0 Å². The van der Waals surface area contributed by atoms with Gasteiger partial charge in [-0.2, -0.15) is 0 Å². The van der Waals surface area contributed by atoms with Gasteiger partial charge in [0, 0.05) is 24.1 Å². The van der Waals surface area contributed by atoms with E-state index in [4.69, 9.17) is 16.3 Å². The number of methoxy groups -OCH3 is 1. The van der Waals surface area contributed by atoms with Crippen molar-refractivity contribution in [2.75, 3.05) is 25.1 Å². The second-order valence-corrected chi connectivity index (χ2v) is 8.73. The fraction of sp³-hybridized carbons (Fsp3) is 0.238. The van der Waals surface area contributed by atoms with Crippen molar-refractivity contribution in [3.63, 3.8) is 0 Å². The lowest BCUT2D eigenvalue weighted by molar-refractivity contribution is -0.122. The van der Waals surface area contributed by atoms with Crippen molar-refractivity contribution in [3.05, 3.63) is 57.4 Å². The quantitative estimate of drug-likeness (QED) is 0.562. The van der Waals surface area contributed by atoms with Gasteiger partial charge in [-0.05, 0) is 49.9 Å². The van der Waals surface area contributed by atoms with E-state index in [0.29, 0.717) is 27.3 Å². The molecule has 0 unspecified atom stereocenters. The van der Waals surface area contributed by atoms with Gasteiger partial charge < -0.3 is 9.64 Å². The number of fused-ring (bicyclic) bond motifs is 1. The summed E-state index contributed by atoms with van der Waals surface area (Å²) >= 11 is 9.29. The first-order valence-corrected chi connectivity index (χ1v) is 11.3. The van der Waals surface area contributed by atoms with Crippen LogP contribution in [-0.2, 0) is 4.79 Å². The minimum absolute atomic E-state index is 0.0241. The molecule has 1 amide bonds. The SMILES string of the molecule is CCN1C(=O)/C(=C2/Sc3ccc(OC)cc3N2CC)SC1=Nc1ccccc1Cl. The first kappa shape index (κ1) is 20.2. The third kappa shape index (κ3) is 3.63. The predicted octanol–water partition coefficient (Wildman–Crippen LogP) is 5.73. The molecule has 1 saturated heterocycles. The number of halogens is 1. The zero-order chi connectivity index (χ0) is 20.5. The molecule has 0 aromatic heterocycles. The number of amidine groups is 1. The van der Waals surface area contributed by atoms with Gasteiger partial charge in [-0.1, -0.05) is 35.5 Å². The Labute approximate surface area is 183 Å². The van der Waals surface area contributed by atoms with Gasteiger partial charge >= 0.3 is 0 Å². The number of hydrogen-bond donors (Lipinski definition) is 0. The lowest BCUT2D eigenvalue weighted by Crippen LogP contribution is -2.29. The third-order valence-corrected chi connectivity index (χ3v) is 7.37. The van der Waals surface area contributed by atoms with Crippen molar-refractivity contribution in [2.24, 2.45) is 4.99 Å². The van der Waals surface area contributed by atoms with E-state index in [-0.39, 0.29) is 5.91 Å². The Balaban J connectivity index is 1.76. The molecular weight excluding hydrogens is 426 g/mol. The van der Waals surface area contributed by atoms with Crippen molar-refractivity contribution in [1.29, 1.82) is 0 Å². The van der Waals surface area contributed by atoms with Gasteiger partial charge in [0.25, 0.3) is 5.91 Å². The topological polar surface area (TPSA) is 45.1 Å². The molecule has 4 rings (SSSR count). The van der Waals surface area contributed by atoms with E-state index in [1.165, 1.54) is 11.8 Å². The summed E-state index contributed by atoms with van der Waals surface area (Å²) in [7, 11) is 1.66. The summed E-state index contributed by atoms with van der Waals surface area (Å²) in [4.78, 5) is 23.6. The first-order chi connectivity index (χ1) is 14.1. The molecule has 0 saturated carbocycles. The summed E-state index contributed by atoms with van der Waals surface area (Å²) in [5, 5.41) is 2.15. The second-order valence-electron chi connectivity index (χ2n) is 6.31. The molecule has 2 aliphatic rings. The average Bonchev–Trinajstić information content (AvgIpc) is 3.25. The van der Waals surface area contributed by atoms with Crippen LogP contribution >= 0.6 is 35.1 Å². The average molecular weight is 446 g/mol. The number of benzene rings is 2. The lowest BCUT2D eigenvalue weighted by Gasteiger charge is -2.19. The summed E-state index contributed by atoms with van der Waals surface area (Å²) in [6, 6.07) is 13.4. The Morgan fingerprint density at radius 1 is 1.07 bits per heavy atom. The molecule has 1 fully saturated rings. The minimum atomic E-state index is -0.0241. The van der Waals surface area contributed by atoms with Crippen LogP contribution in [0.25, 0.3) is 0 Å². The Morgan fingerprint density at radius 2 is 1.83 bits per heavy atom. The number of nitrogens with zero attached hydrogens (tertiary/aromatic N) is 3. The number of anilines is 1. The highest BCUT2D eigenvalue weighted by Gasteiger charge is 2.39. The molecule has 0 atom stereocenters. The van der Waals surface area contributed by atoms with E-state index in [1.807, 2.05) is 43.3 Å². The number of amides is 1. The summed E-state index contributed by atoms with van der Waals surface area (Å²) in [5.74, 6) is 0.777. The smallest absolute Gasteiger partial charge is 0.269 e. The lowest BCUT2D eigenvalue weighted by atomic mass is 10.2. The van der Waals surface area contributed by atoms with E-state index in [9.17, 15) is 4.79 Å². The molecule has 2 aromatic carbocycles. The molecule has 2 heterocycles. The summed E-state index contributed by atoms with van der Waals surface area (Å²) in [6.45, 7) is 5.33. The molecule has 0 N–H and O–H groups in total. The molecule has 0 radical (unpaired) electrons. The highest BCUT2D eigenvalue weighted by atomic mass is 35.5. The van der Waals surface area contributed by atoms with Crippen molar-refractivity contribution in [2.45, 2.75) is 18.7 Å². The van der Waals surface area contributed by atoms with Crippen molar-refractivity contribution in [3.8, 4) is 5.75 Å². The molecular formula is C21H20ClN3O2S2. The molecule has 29 heavy (non-hydrogen) atoms. The van der Waals surface area contributed by atoms with Crippen LogP contribution in [0.15, 0.2) is 62.3 Å². The Morgan fingerprint density at radius 3 is 2.52 bits per heavy atom. The van der Waals surface area contributed by atoms with Gasteiger partial charge in [-0.3, -0.25) is 9.69 Å². The number of rotatable bonds is 4. The predicted molar refractivity (Wildman–Crippen MR) is 122 cm³/mol. The van der Waals surface area contributed by atoms with Crippen molar-refractivity contribution >= 4 is 57.6 Å². The zero-order valence-corrected chi connectivity index (χ0v) is 18.7. The minimum Gasteiger partial charge on any atom is -0.497 e. The van der Waals surface area contributed by atoms with Gasteiger partial charge in [-0.15, -0.1) is 0 Å². The number of likely N-dealkylation sites (N-methyl/N-ethyl adjacent to an activating group) is 1. The number of hydrogen-bond acceptors (Lipinski definition) is 6. The van der Waals surface area contributed by atoms with Crippen LogP contribution in [0.4, 0.5) is 11.4 Å². The fourth-order valence-electron chi connectivity index (χ4n) is 3.22. The van der Waals surface area contributed by atoms with Crippen LogP contribution in [0.3, 0.4) is 0 Å². The number of ether oxygens (including phenoxy) is 1. The van der Waals surface area contributed by atoms with Crippen LogP contribution < -0.4 is 9.64 Å². The van der Waals surface area contributed by atoms with E-state index in [2.05, 4.69) is 16.8 Å². The van der Waals surface area contributed by atoms with Gasteiger partial charge in [-0.25, -0.2) is 4.99 Å². The summed E-state index contributed by atoms with van der Waals surface area (Å²) in [6.07, 6.45) is 0. The molecule has 0 spiro atoms. The van der Waals surface area contributed by atoms with Crippen LogP contribution in [0.2, 0.25) is 5.02 Å². The van der Waals surface area contributed by atoms with Gasteiger partial charge in [0.1, 0.15) is 15.7 Å². The van der Waals surface area contributed by atoms with Crippen LogP contribution in [0.1, 0.15) is 13.8 Å². The van der Waals surface area contributed by atoms with Crippen LogP contribution in [-0.4, -0.2) is 36.2 Å². The zero-order valence-electron chi connectivity index (χ0n) is 16.3. The van der Waals surface area contributed by atoms with Gasteiger partial charge in [0.15, 0.2) is 5.17 Å². The maximum atomic E-state index is 13.2. The third-order valence-electron chi connectivity index (χ3n) is 4.67. The maximum Gasteiger partial charge on any atom is 0.269 e. The van der Waals surface area contributed by atoms with E-state index in [0.717, 1.165) is 27.9 Å². The van der Waals surface area contributed by atoms with Crippen LogP contribution in [0, 0.1) is 0 Å². The van der Waals surface area contributed by atoms with E-state index < -0.39 is 0 Å². The first-order valence-electron chi connectivity index (χ1n) is 9.28. The fourth-order valence-corrected chi connectivity index (χ4v) is 5.82. The molecule has 8 heteroatoms. The molecule has 150 valence electrons. The molecule has 5 nitrogen and oxygen atoms in total. The van der Waals surface area contributed by atoms with Crippen LogP contribution in [0.5, 0.6) is 5.75 Å². The molecule has 0 aliphatic carbocycles. The summed E-state index contributed by atoms with van der Waals surface area (Å²) < 4.78 is 5.38. The maximum absolute atomic E-state index is 13.2. The highest BCUT2D eigenvalue weighted by molar-refractivity contribution is 8.19. The Kier molecular flexibility index (Phi) is 5.81. The second kappa shape index (κ2) is 8.34. The monoisotopic (exact) mass is 445 g/mol. The molecule has 0 bridgehead atoms. The molecule has 2 aromatic rings. The van der Waals surface area contributed by atoms with Gasteiger partial charge in [0.05, 0.1) is 23.5 Å². The Bertz CT molecular complexity index is 1040. The number of carbonyl (C=O) groups is 1. The number of aliphatic imine (C=N–C) groups is 1. The van der Waals surface area contributed by atoms with E-state index in [1.54, 1.807) is 29.8 Å². The summed E-state index contributed by atoms with van der Waals surface area (Å²) in [5.41, 5.74) is 1.72. The number of thioether (sulfide) groups is 2. The standard InChI is InChI=1S/C21H20ClN3O2S2/c1-4-24-16-12-13(27-3)10-11-17(16)28-20(24)18-19(26)25(5-2)21(29-18)23-15-9-7-6-8-14(15)22/h6-12H,4-5H2,1-3H3/b20-18-,23-21?. The number of para-hydroxylation sites is 1. The van der Waals surface area contributed by atoms with Crippen molar-refractivity contribution in [1.82, 2.24) is 4.90 Å². The largest absolute Gasteiger partial charge is 0.497 e. The molecule has 2 aliphatic heterocycles. The Hall–Kier alpha value is -2.09. The number of carbonyl (C=O) groups excluding carboxylic acids is 1. The normalized spacial score (nSPS) is 20.0. The highest BCUT2D eigenvalue weighted by Crippen LogP contribution is 2.51. The van der Waals surface area contributed by atoms with Gasteiger partial charge in [0.2, 0.25) is 0 Å².